The van der Waals surface area contributed by atoms with Crippen molar-refractivity contribution in [3.63, 3.8) is 0 Å². The summed E-state index contributed by atoms with van der Waals surface area (Å²) in [5.41, 5.74) is 1.76. The average molecular weight is 700 g/mol. The van der Waals surface area contributed by atoms with Gasteiger partial charge in [-0.3, -0.25) is 14.3 Å². The fourth-order valence-corrected chi connectivity index (χ4v) is 7.47. The number of hydrogen-bond donors (Lipinski definition) is 2. The molecular weight excluding hydrogens is 663 g/mol. The quantitative estimate of drug-likeness (QED) is 0.298. The van der Waals surface area contributed by atoms with Gasteiger partial charge in [0.25, 0.3) is 11.8 Å². The average Bonchev–Trinajstić information content (AvgIpc) is 3.38. The van der Waals surface area contributed by atoms with Crippen LogP contribution >= 0.6 is 0 Å². The number of fused-ring (bicyclic) bond motifs is 1. The van der Waals surface area contributed by atoms with E-state index in [9.17, 15) is 40.3 Å². The lowest BCUT2D eigenvalue weighted by molar-refractivity contribution is -0.183. The predicted molar refractivity (Wildman–Crippen MR) is 158 cm³/mol. The van der Waals surface area contributed by atoms with Crippen LogP contribution in [0.2, 0.25) is 0 Å². The van der Waals surface area contributed by atoms with Crippen molar-refractivity contribution < 1.29 is 45.1 Å². The summed E-state index contributed by atoms with van der Waals surface area (Å²) in [4.78, 5) is 31.1. The van der Waals surface area contributed by atoms with Gasteiger partial charge in [-0.15, -0.1) is 0 Å². The van der Waals surface area contributed by atoms with E-state index >= 15 is 0 Å². The second kappa shape index (κ2) is 12.5. The van der Waals surface area contributed by atoms with Crippen LogP contribution in [0.1, 0.15) is 96.8 Å². The summed E-state index contributed by atoms with van der Waals surface area (Å²) in [6.45, 7) is 0.463. The predicted octanol–water partition coefficient (Wildman–Crippen LogP) is 5.55. The number of piperidine rings is 1. The van der Waals surface area contributed by atoms with Gasteiger partial charge in [0.15, 0.2) is 5.65 Å². The Balaban J connectivity index is 1.23. The minimum atomic E-state index is -4.47. The molecule has 1 unspecified atom stereocenters. The number of rotatable bonds is 8. The molecule has 0 spiro atoms. The van der Waals surface area contributed by atoms with Crippen molar-refractivity contribution in [2.75, 3.05) is 19.8 Å². The van der Waals surface area contributed by atoms with Crippen LogP contribution in [0.15, 0.2) is 24.5 Å². The molecule has 49 heavy (non-hydrogen) atoms. The Bertz CT molecular complexity index is 1710. The van der Waals surface area contributed by atoms with Gasteiger partial charge in [-0.1, -0.05) is 0 Å². The van der Waals surface area contributed by atoms with Crippen molar-refractivity contribution in [2.45, 2.75) is 93.8 Å². The number of imidazole rings is 1. The van der Waals surface area contributed by atoms with Crippen LogP contribution in [0, 0.1) is 17.8 Å². The Hall–Kier alpha value is -3.76. The number of alkyl halides is 7. The monoisotopic (exact) mass is 699 g/mol. The van der Waals surface area contributed by atoms with Crippen molar-refractivity contribution in [2.24, 2.45) is 17.8 Å². The molecule has 2 amide bonds. The van der Waals surface area contributed by atoms with Crippen LogP contribution in [-0.2, 0) is 16.0 Å². The van der Waals surface area contributed by atoms with Gasteiger partial charge in [-0.05, 0) is 61.6 Å². The second-order valence-electron chi connectivity index (χ2n) is 13.8. The summed E-state index contributed by atoms with van der Waals surface area (Å²) in [5.74, 6) is -10.2. The molecule has 0 bridgehead atoms. The molecular formula is C32H36F7N7O3. The van der Waals surface area contributed by atoms with E-state index in [2.05, 4.69) is 15.7 Å². The van der Waals surface area contributed by atoms with Crippen molar-refractivity contribution >= 4 is 17.5 Å². The zero-order valence-electron chi connectivity index (χ0n) is 26.4. The van der Waals surface area contributed by atoms with Gasteiger partial charge in [-0.2, -0.15) is 23.4 Å². The van der Waals surface area contributed by atoms with Crippen molar-refractivity contribution in [3.05, 3.63) is 47.2 Å². The first-order chi connectivity index (χ1) is 23.2. The van der Waals surface area contributed by atoms with Crippen LogP contribution in [0.5, 0.6) is 0 Å². The number of halogens is 7. The molecule has 10 nitrogen and oxygen atoms in total. The maximum Gasteiger partial charge on any atom is 0.393 e. The van der Waals surface area contributed by atoms with Crippen LogP contribution in [0.4, 0.5) is 30.7 Å². The molecule has 3 aromatic rings. The van der Waals surface area contributed by atoms with E-state index < -0.39 is 85.5 Å². The molecule has 0 aromatic carbocycles. The van der Waals surface area contributed by atoms with E-state index in [1.807, 2.05) is 0 Å². The Kier molecular flexibility index (Phi) is 8.63. The van der Waals surface area contributed by atoms with Crippen LogP contribution in [0.3, 0.4) is 0 Å². The second-order valence-corrected chi connectivity index (χ2v) is 13.8. The first kappa shape index (κ1) is 33.7. The summed E-state index contributed by atoms with van der Waals surface area (Å²) in [6, 6.07) is 0.953. The maximum atomic E-state index is 14.2. The molecule has 4 aliphatic rings. The van der Waals surface area contributed by atoms with Crippen LogP contribution in [-0.4, -0.2) is 74.0 Å². The molecule has 2 N–H and O–H groups in total. The van der Waals surface area contributed by atoms with Crippen molar-refractivity contribution in [1.82, 2.24) is 35.0 Å². The number of nitrogens with zero attached hydrogens (tertiary/aromatic N) is 5. The van der Waals surface area contributed by atoms with E-state index in [4.69, 9.17) is 14.8 Å². The lowest BCUT2D eigenvalue weighted by atomic mass is 9.81. The van der Waals surface area contributed by atoms with Gasteiger partial charge in [0.1, 0.15) is 11.7 Å². The summed E-state index contributed by atoms with van der Waals surface area (Å²) in [5, 5.41) is 13.9. The third kappa shape index (κ3) is 6.99. The number of carbonyl (C=O) groups is 2. The molecule has 7 rings (SSSR count). The molecule has 17 heteroatoms. The molecule has 0 radical (unpaired) electrons. The molecule has 3 aromatic heterocycles. The van der Waals surface area contributed by atoms with Gasteiger partial charge >= 0.3 is 6.18 Å². The molecule has 266 valence electrons. The Labute approximate surface area is 276 Å². The molecule has 4 fully saturated rings. The minimum Gasteiger partial charge on any atom is -0.381 e. The van der Waals surface area contributed by atoms with Crippen LogP contribution < -0.4 is 10.6 Å². The van der Waals surface area contributed by atoms with Gasteiger partial charge in [0.2, 0.25) is 11.8 Å². The smallest absolute Gasteiger partial charge is 0.381 e. The van der Waals surface area contributed by atoms with E-state index in [0.717, 1.165) is 10.2 Å². The zero-order valence-corrected chi connectivity index (χ0v) is 26.4. The lowest BCUT2D eigenvalue weighted by Gasteiger charge is -2.33. The highest BCUT2D eigenvalue weighted by molar-refractivity contribution is 5.93. The molecule has 2 aliphatic heterocycles. The highest BCUT2D eigenvalue weighted by Crippen LogP contribution is 2.52. The Morgan fingerprint density at radius 2 is 1.84 bits per heavy atom. The Morgan fingerprint density at radius 1 is 1.12 bits per heavy atom. The first-order valence-electron chi connectivity index (χ1n) is 16.6. The van der Waals surface area contributed by atoms with E-state index in [1.165, 1.54) is 23.0 Å². The molecule has 4 atom stereocenters. The highest BCUT2D eigenvalue weighted by atomic mass is 19.4. The number of aromatic nitrogens is 5. The summed E-state index contributed by atoms with van der Waals surface area (Å²) in [6.07, 6.45) is -1.96. The van der Waals surface area contributed by atoms with Crippen LogP contribution in [0.25, 0.3) is 5.65 Å². The summed E-state index contributed by atoms with van der Waals surface area (Å²) >= 11 is 0. The number of ether oxygens (including phenoxy) is 1. The molecule has 2 saturated carbocycles. The SMILES string of the molecule is O=C(N[C@H](c1cn2nc(C[C@H]3C[C@@H](C(F)(F)F)CNC3=O)c(C3CCOCC3)cc2n1)C1CCC(F)(F)CC1)c1ccnn1C1CC1(F)F. The third-order valence-corrected chi connectivity index (χ3v) is 10.4. The minimum absolute atomic E-state index is 0.0395. The van der Waals surface area contributed by atoms with Crippen molar-refractivity contribution in [3.8, 4) is 0 Å². The van der Waals surface area contributed by atoms with E-state index in [-0.39, 0.29) is 37.3 Å². The van der Waals surface area contributed by atoms with Gasteiger partial charge < -0.3 is 15.4 Å². The molecule has 2 aliphatic carbocycles. The largest absolute Gasteiger partial charge is 0.393 e. The summed E-state index contributed by atoms with van der Waals surface area (Å²) < 4.78 is 105. The maximum absolute atomic E-state index is 14.2. The van der Waals surface area contributed by atoms with Gasteiger partial charge in [0, 0.05) is 57.6 Å². The topological polar surface area (TPSA) is 115 Å². The number of amides is 2. The van der Waals surface area contributed by atoms with E-state index in [0.29, 0.717) is 43.1 Å². The zero-order chi connectivity index (χ0) is 34.7. The molecule has 2 saturated heterocycles. The number of carbonyl (C=O) groups excluding carboxylic acids is 2. The lowest BCUT2D eigenvalue weighted by Crippen LogP contribution is -2.47. The van der Waals surface area contributed by atoms with Gasteiger partial charge in [-0.25, -0.2) is 27.1 Å². The standard InChI is InChI=1S/C32H36F7N7O3/c33-30(34)6-1-18(2-7-30)27(43-29(48)24-3-8-41-46(24)25-14-31(25,35)36)23-16-45-26(42-23)13-21(17-4-9-49-10-5-17)22(44-45)12-19-11-20(32(37,38)39)15-40-28(19)47/h3,8,13,16-20,25,27H,1-2,4-7,9-12,14-15H2,(H,40,47)(H,43,48)/t19-,20-,25?,27+/m1/s1. The third-order valence-electron chi connectivity index (χ3n) is 10.4. The Morgan fingerprint density at radius 3 is 2.51 bits per heavy atom. The fourth-order valence-electron chi connectivity index (χ4n) is 7.47. The normalized spacial score (nSPS) is 26.8. The highest BCUT2D eigenvalue weighted by Gasteiger charge is 2.60. The number of nitrogens with one attached hydrogen (secondary N) is 2. The molecule has 5 heterocycles. The van der Waals surface area contributed by atoms with E-state index in [1.54, 1.807) is 6.07 Å². The fraction of sp³-hybridized carbons (Fsp3) is 0.656. The summed E-state index contributed by atoms with van der Waals surface area (Å²) in [7, 11) is 0. The van der Waals surface area contributed by atoms with Crippen molar-refractivity contribution in [1.29, 1.82) is 0 Å². The van der Waals surface area contributed by atoms with Gasteiger partial charge in [0.05, 0.1) is 29.5 Å². The number of hydrogen-bond acceptors (Lipinski definition) is 6. The first-order valence-corrected chi connectivity index (χ1v) is 16.6.